The molecule has 0 bridgehead atoms. The summed E-state index contributed by atoms with van der Waals surface area (Å²) in [6.45, 7) is 0.697. The molecule has 2 N–H and O–H groups in total. The minimum absolute atomic E-state index is 0.0454. The molecule has 1 atom stereocenters. The monoisotopic (exact) mass is 389 g/mol. The normalized spacial score (nSPS) is 16.0. The Morgan fingerprint density at radius 3 is 2.76 bits per heavy atom. The maximum Gasteiger partial charge on any atom is 0.229 e. The molecule has 0 radical (unpaired) electrons. The van der Waals surface area contributed by atoms with E-state index in [4.69, 9.17) is 10.5 Å². The zero-order valence-electron chi connectivity index (χ0n) is 16.3. The van der Waals surface area contributed by atoms with Gasteiger partial charge in [-0.25, -0.2) is 9.97 Å². The number of anilines is 1. The minimum Gasteiger partial charge on any atom is -0.497 e. The van der Waals surface area contributed by atoms with Crippen LogP contribution in [0.3, 0.4) is 0 Å². The summed E-state index contributed by atoms with van der Waals surface area (Å²) >= 11 is 0. The molecular weight excluding hydrogens is 366 g/mol. The molecular formula is C22H23N5O2. The number of likely N-dealkylation sites (tertiary alicyclic amines) is 1. The minimum atomic E-state index is -0.131. The second-order valence-corrected chi connectivity index (χ2v) is 7.00. The van der Waals surface area contributed by atoms with Crippen LogP contribution in [0.5, 0.6) is 5.75 Å². The standard InChI is InChI=1S/C22H23N5O2/c1-29-17-9-7-15(8-10-17)18-14-25-22(23)26-21(18)19-6-4-12-27(19)20(28)13-16-5-2-3-11-24-16/h2-3,5,7-11,14,19H,4,6,12-13H2,1H3,(H2,23,25,26). The number of carbonyl (C=O) groups is 1. The number of hydrogen-bond donors (Lipinski definition) is 1. The third-order valence-corrected chi connectivity index (χ3v) is 5.19. The van der Waals surface area contributed by atoms with Crippen LogP contribution in [0.4, 0.5) is 5.95 Å². The van der Waals surface area contributed by atoms with Crippen LogP contribution in [0.25, 0.3) is 11.1 Å². The summed E-state index contributed by atoms with van der Waals surface area (Å²) in [6.07, 6.45) is 5.48. The molecule has 2 aromatic heterocycles. The molecule has 4 rings (SSSR count). The summed E-state index contributed by atoms with van der Waals surface area (Å²) in [5.74, 6) is 1.03. The number of nitrogen functional groups attached to an aromatic ring is 1. The van der Waals surface area contributed by atoms with Gasteiger partial charge in [0.1, 0.15) is 5.75 Å². The zero-order valence-corrected chi connectivity index (χ0v) is 16.3. The third kappa shape index (κ3) is 4.03. The van der Waals surface area contributed by atoms with Gasteiger partial charge in [0.05, 0.1) is 25.3 Å². The Morgan fingerprint density at radius 2 is 2.03 bits per heavy atom. The van der Waals surface area contributed by atoms with Crippen LogP contribution in [-0.4, -0.2) is 39.4 Å². The van der Waals surface area contributed by atoms with Gasteiger partial charge in [0.2, 0.25) is 11.9 Å². The summed E-state index contributed by atoms with van der Waals surface area (Å²) in [6, 6.07) is 13.2. The molecule has 3 aromatic rings. The fraction of sp³-hybridized carbons (Fsp3) is 0.273. The van der Waals surface area contributed by atoms with E-state index in [0.717, 1.165) is 41.1 Å². The number of aromatic nitrogens is 3. The Balaban J connectivity index is 1.65. The Morgan fingerprint density at radius 1 is 1.21 bits per heavy atom. The van der Waals surface area contributed by atoms with Crippen molar-refractivity contribution in [2.75, 3.05) is 19.4 Å². The Labute approximate surface area is 169 Å². The van der Waals surface area contributed by atoms with Crippen LogP contribution in [0.1, 0.15) is 30.3 Å². The summed E-state index contributed by atoms with van der Waals surface area (Å²) in [7, 11) is 1.64. The van der Waals surface area contributed by atoms with Crippen molar-refractivity contribution in [2.24, 2.45) is 0 Å². The predicted octanol–water partition coefficient (Wildman–Crippen LogP) is 3.04. The maximum atomic E-state index is 13.0. The highest BCUT2D eigenvalue weighted by Gasteiger charge is 2.33. The van der Waals surface area contributed by atoms with Crippen molar-refractivity contribution in [1.82, 2.24) is 19.9 Å². The van der Waals surface area contributed by atoms with Crippen LogP contribution < -0.4 is 10.5 Å². The molecule has 1 aromatic carbocycles. The van der Waals surface area contributed by atoms with E-state index in [9.17, 15) is 4.79 Å². The fourth-order valence-corrected chi connectivity index (χ4v) is 3.77. The van der Waals surface area contributed by atoms with Crippen LogP contribution in [-0.2, 0) is 11.2 Å². The summed E-state index contributed by atoms with van der Waals surface area (Å²) in [4.78, 5) is 27.9. The average molecular weight is 389 g/mol. The Kier molecular flexibility index (Phi) is 5.37. The second-order valence-electron chi connectivity index (χ2n) is 7.00. The van der Waals surface area contributed by atoms with E-state index in [1.165, 1.54) is 0 Å². The second kappa shape index (κ2) is 8.26. The molecule has 7 heteroatoms. The topological polar surface area (TPSA) is 94.2 Å². The molecule has 1 amide bonds. The van der Waals surface area contributed by atoms with Crippen molar-refractivity contribution in [3.63, 3.8) is 0 Å². The molecule has 29 heavy (non-hydrogen) atoms. The molecule has 0 aliphatic carbocycles. The lowest BCUT2D eigenvalue weighted by Crippen LogP contribution is -2.32. The van der Waals surface area contributed by atoms with E-state index in [1.807, 2.05) is 47.4 Å². The van der Waals surface area contributed by atoms with Crippen LogP contribution in [0.15, 0.2) is 54.9 Å². The largest absolute Gasteiger partial charge is 0.497 e. The van der Waals surface area contributed by atoms with E-state index in [-0.39, 0.29) is 24.3 Å². The van der Waals surface area contributed by atoms with Gasteiger partial charge in [0.25, 0.3) is 0 Å². The van der Waals surface area contributed by atoms with Crippen LogP contribution in [0, 0.1) is 0 Å². The number of methoxy groups -OCH3 is 1. The van der Waals surface area contributed by atoms with Crippen molar-refractivity contribution in [2.45, 2.75) is 25.3 Å². The number of carbonyl (C=O) groups excluding carboxylic acids is 1. The molecule has 148 valence electrons. The van der Waals surface area contributed by atoms with Gasteiger partial charge in [-0.15, -0.1) is 0 Å². The lowest BCUT2D eigenvalue weighted by molar-refractivity contribution is -0.131. The maximum absolute atomic E-state index is 13.0. The lowest BCUT2D eigenvalue weighted by Gasteiger charge is -2.26. The molecule has 1 aliphatic heterocycles. The lowest BCUT2D eigenvalue weighted by atomic mass is 9.99. The van der Waals surface area contributed by atoms with Crippen molar-refractivity contribution in [3.05, 3.63) is 66.2 Å². The number of nitrogens with zero attached hydrogens (tertiary/aromatic N) is 4. The molecule has 3 heterocycles. The molecule has 1 aliphatic rings. The first-order valence-corrected chi connectivity index (χ1v) is 9.62. The Hall–Kier alpha value is -3.48. The number of amides is 1. The van der Waals surface area contributed by atoms with E-state index < -0.39 is 0 Å². The van der Waals surface area contributed by atoms with Crippen molar-refractivity contribution in [1.29, 1.82) is 0 Å². The third-order valence-electron chi connectivity index (χ3n) is 5.19. The number of ether oxygens (including phenoxy) is 1. The zero-order chi connectivity index (χ0) is 20.2. The SMILES string of the molecule is COc1ccc(-c2cnc(N)nc2C2CCCN2C(=O)Cc2ccccn2)cc1. The molecule has 7 nitrogen and oxygen atoms in total. The van der Waals surface area contributed by atoms with E-state index in [1.54, 1.807) is 19.5 Å². The molecule has 0 spiro atoms. The van der Waals surface area contributed by atoms with E-state index in [2.05, 4.69) is 15.0 Å². The predicted molar refractivity (Wildman–Crippen MR) is 110 cm³/mol. The summed E-state index contributed by atoms with van der Waals surface area (Å²) in [5, 5.41) is 0. The summed E-state index contributed by atoms with van der Waals surface area (Å²) in [5.41, 5.74) is 9.30. The quantitative estimate of drug-likeness (QED) is 0.721. The molecule has 1 unspecified atom stereocenters. The fourth-order valence-electron chi connectivity index (χ4n) is 3.77. The molecule has 1 fully saturated rings. The molecule has 0 saturated carbocycles. The van der Waals surface area contributed by atoms with Crippen LogP contribution >= 0.6 is 0 Å². The number of hydrogen-bond acceptors (Lipinski definition) is 6. The van der Waals surface area contributed by atoms with E-state index in [0.29, 0.717) is 6.54 Å². The number of pyridine rings is 1. The highest BCUT2D eigenvalue weighted by molar-refractivity contribution is 5.79. The summed E-state index contributed by atoms with van der Waals surface area (Å²) < 4.78 is 5.25. The van der Waals surface area contributed by atoms with Gasteiger partial charge in [-0.3, -0.25) is 9.78 Å². The van der Waals surface area contributed by atoms with Crippen molar-refractivity contribution in [3.8, 4) is 16.9 Å². The first kappa shape index (κ1) is 18.9. The van der Waals surface area contributed by atoms with Crippen molar-refractivity contribution >= 4 is 11.9 Å². The first-order chi connectivity index (χ1) is 14.2. The van der Waals surface area contributed by atoms with Gasteiger partial charge >= 0.3 is 0 Å². The average Bonchev–Trinajstić information content (AvgIpc) is 3.24. The van der Waals surface area contributed by atoms with Gasteiger partial charge in [0, 0.05) is 30.2 Å². The van der Waals surface area contributed by atoms with Crippen LogP contribution in [0.2, 0.25) is 0 Å². The van der Waals surface area contributed by atoms with Gasteiger partial charge < -0.3 is 15.4 Å². The number of benzene rings is 1. The van der Waals surface area contributed by atoms with Crippen molar-refractivity contribution < 1.29 is 9.53 Å². The van der Waals surface area contributed by atoms with Gasteiger partial charge in [0.15, 0.2) is 0 Å². The highest BCUT2D eigenvalue weighted by atomic mass is 16.5. The Bertz CT molecular complexity index is 992. The van der Waals surface area contributed by atoms with E-state index >= 15 is 0 Å². The first-order valence-electron chi connectivity index (χ1n) is 9.62. The smallest absolute Gasteiger partial charge is 0.229 e. The van der Waals surface area contributed by atoms with Gasteiger partial charge in [-0.2, -0.15) is 0 Å². The van der Waals surface area contributed by atoms with Gasteiger partial charge in [-0.1, -0.05) is 18.2 Å². The molecule has 1 saturated heterocycles. The number of rotatable bonds is 5. The highest BCUT2D eigenvalue weighted by Crippen LogP contribution is 2.37. The number of nitrogens with two attached hydrogens (primary N) is 1. The van der Waals surface area contributed by atoms with Gasteiger partial charge in [-0.05, 0) is 42.7 Å².